The number of fused-ring (bicyclic) bond motifs is 3. The Balaban J connectivity index is 1.83. The monoisotopic (exact) mass is 233 g/mol. The molecule has 0 N–H and O–H groups in total. The van der Waals surface area contributed by atoms with E-state index in [0.717, 1.165) is 25.5 Å². The molecule has 1 unspecified atom stereocenters. The van der Waals surface area contributed by atoms with Crippen molar-refractivity contribution < 1.29 is 4.74 Å². The average Bonchev–Trinajstić information content (AvgIpc) is 2.38. The summed E-state index contributed by atoms with van der Waals surface area (Å²) in [6, 6.07) is 4.67. The molecule has 2 aliphatic rings. The van der Waals surface area contributed by atoms with Crippen LogP contribution in [0.2, 0.25) is 0 Å². The van der Waals surface area contributed by atoms with Gasteiger partial charge in [0.2, 0.25) is 0 Å². The fourth-order valence-corrected chi connectivity index (χ4v) is 2.61. The molecule has 0 radical (unpaired) electrons. The molecule has 92 valence electrons. The van der Waals surface area contributed by atoms with Gasteiger partial charge in [0.25, 0.3) is 0 Å². The Morgan fingerprint density at radius 2 is 2.29 bits per heavy atom. The van der Waals surface area contributed by atoms with Gasteiger partial charge in [-0.05, 0) is 19.9 Å². The standard InChI is InChI=1S/C13H19N3O/c1-10(2)15-6-7-16-12(8-15)17-9-11-4-3-5-14-13(11)16/h3-5,10,12H,6-9H2,1-2H3. The summed E-state index contributed by atoms with van der Waals surface area (Å²) in [5.41, 5.74) is 1.21. The van der Waals surface area contributed by atoms with E-state index in [0.29, 0.717) is 12.6 Å². The van der Waals surface area contributed by atoms with Crippen LogP contribution in [0.3, 0.4) is 0 Å². The molecule has 0 bridgehead atoms. The number of hydrogen-bond acceptors (Lipinski definition) is 4. The minimum absolute atomic E-state index is 0.175. The predicted molar refractivity (Wildman–Crippen MR) is 66.9 cm³/mol. The minimum Gasteiger partial charge on any atom is -0.352 e. The Labute approximate surface area is 102 Å². The molecule has 0 spiro atoms. The third-order valence-electron chi connectivity index (χ3n) is 3.67. The molecular formula is C13H19N3O. The van der Waals surface area contributed by atoms with E-state index in [4.69, 9.17) is 4.74 Å². The highest BCUT2D eigenvalue weighted by Gasteiger charge is 2.33. The number of ether oxygens (including phenoxy) is 1. The van der Waals surface area contributed by atoms with Crippen LogP contribution in [0.15, 0.2) is 18.3 Å². The topological polar surface area (TPSA) is 28.6 Å². The van der Waals surface area contributed by atoms with E-state index in [1.165, 1.54) is 5.56 Å². The van der Waals surface area contributed by atoms with Gasteiger partial charge in [0, 0.05) is 37.4 Å². The summed E-state index contributed by atoms with van der Waals surface area (Å²) in [4.78, 5) is 9.27. The molecule has 0 saturated carbocycles. The van der Waals surface area contributed by atoms with Crippen LogP contribution < -0.4 is 4.90 Å². The van der Waals surface area contributed by atoms with Crippen LogP contribution in [-0.4, -0.2) is 41.8 Å². The van der Waals surface area contributed by atoms with Crippen molar-refractivity contribution in [2.45, 2.75) is 32.7 Å². The van der Waals surface area contributed by atoms with Crippen LogP contribution in [0, 0.1) is 0 Å². The van der Waals surface area contributed by atoms with E-state index in [1.54, 1.807) is 0 Å². The van der Waals surface area contributed by atoms with E-state index in [1.807, 2.05) is 12.3 Å². The SMILES string of the molecule is CC(C)N1CCN2c3ncccc3COC2C1. The van der Waals surface area contributed by atoms with Crippen LogP contribution in [0.4, 0.5) is 5.82 Å². The molecule has 0 aromatic carbocycles. The fourth-order valence-electron chi connectivity index (χ4n) is 2.61. The van der Waals surface area contributed by atoms with Crippen molar-refractivity contribution >= 4 is 5.82 Å². The lowest BCUT2D eigenvalue weighted by atomic mass is 10.1. The Bertz CT molecular complexity index is 407. The maximum Gasteiger partial charge on any atom is 0.144 e. The first-order chi connectivity index (χ1) is 8.25. The van der Waals surface area contributed by atoms with E-state index in [2.05, 4.69) is 34.7 Å². The summed E-state index contributed by atoms with van der Waals surface area (Å²) in [5, 5.41) is 0. The zero-order valence-electron chi connectivity index (χ0n) is 10.5. The molecule has 1 fully saturated rings. The van der Waals surface area contributed by atoms with Gasteiger partial charge in [-0.15, -0.1) is 0 Å². The second kappa shape index (κ2) is 4.27. The molecule has 1 saturated heterocycles. The van der Waals surface area contributed by atoms with Gasteiger partial charge < -0.3 is 9.64 Å². The lowest BCUT2D eigenvalue weighted by Gasteiger charge is -2.45. The highest BCUT2D eigenvalue weighted by molar-refractivity contribution is 5.49. The molecule has 3 rings (SSSR count). The molecule has 4 nitrogen and oxygen atoms in total. The highest BCUT2D eigenvalue weighted by atomic mass is 16.5. The molecule has 0 amide bonds. The second-order valence-electron chi connectivity index (χ2n) is 5.03. The minimum atomic E-state index is 0.175. The number of nitrogens with zero attached hydrogens (tertiary/aromatic N) is 3. The molecule has 17 heavy (non-hydrogen) atoms. The lowest BCUT2D eigenvalue weighted by Crippen LogP contribution is -2.57. The first-order valence-electron chi connectivity index (χ1n) is 6.32. The predicted octanol–water partition coefficient (Wildman–Crippen LogP) is 1.47. The number of piperazine rings is 1. The van der Waals surface area contributed by atoms with Crippen molar-refractivity contribution in [1.29, 1.82) is 0 Å². The van der Waals surface area contributed by atoms with Gasteiger partial charge in [-0.3, -0.25) is 4.90 Å². The number of rotatable bonds is 1. The number of hydrogen-bond donors (Lipinski definition) is 0. The van der Waals surface area contributed by atoms with Crippen LogP contribution in [-0.2, 0) is 11.3 Å². The summed E-state index contributed by atoms with van der Waals surface area (Å²) >= 11 is 0. The molecule has 3 heterocycles. The molecular weight excluding hydrogens is 214 g/mol. The third kappa shape index (κ3) is 1.91. The largest absolute Gasteiger partial charge is 0.352 e. The number of anilines is 1. The molecule has 0 aliphatic carbocycles. The highest BCUT2D eigenvalue weighted by Crippen LogP contribution is 2.29. The lowest BCUT2D eigenvalue weighted by molar-refractivity contribution is -0.0192. The Kier molecular flexibility index (Phi) is 2.76. The summed E-state index contributed by atoms with van der Waals surface area (Å²) in [6.07, 6.45) is 2.05. The Morgan fingerprint density at radius 1 is 1.41 bits per heavy atom. The quantitative estimate of drug-likeness (QED) is 0.734. The average molecular weight is 233 g/mol. The van der Waals surface area contributed by atoms with Crippen molar-refractivity contribution in [3.8, 4) is 0 Å². The molecule has 4 heteroatoms. The second-order valence-corrected chi connectivity index (χ2v) is 5.03. The summed E-state index contributed by atoms with van der Waals surface area (Å²) in [7, 11) is 0. The molecule has 1 aromatic rings. The van der Waals surface area contributed by atoms with Crippen LogP contribution in [0.5, 0.6) is 0 Å². The number of aromatic nitrogens is 1. The first kappa shape index (κ1) is 11.0. The van der Waals surface area contributed by atoms with Crippen molar-refractivity contribution in [2.75, 3.05) is 24.5 Å². The van der Waals surface area contributed by atoms with Gasteiger partial charge in [0.1, 0.15) is 12.0 Å². The van der Waals surface area contributed by atoms with Crippen LogP contribution in [0.25, 0.3) is 0 Å². The summed E-state index contributed by atoms with van der Waals surface area (Å²) in [6.45, 7) is 8.25. The number of pyridine rings is 1. The van der Waals surface area contributed by atoms with Gasteiger partial charge in [-0.25, -0.2) is 4.98 Å². The van der Waals surface area contributed by atoms with Crippen molar-refractivity contribution in [3.63, 3.8) is 0 Å². The van der Waals surface area contributed by atoms with Gasteiger partial charge in [-0.2, -0.15) is 0 Å². The first-order valence-corrected chi connectivity index (χ1v) is 6.32. The van der Waals surface area contributed by atoms with Crippen LogP contribution in [0.1, 0.15) is 19.4 Å². The smallest absolute Gasteiger partial charge is 0.144 e. The zero-order chi connectivity index (χ0) is 11.8. The molecule has 2 aliphatic heterocycles. The summed E-state index contributed by atoms with van der Waals surface area (Å²) < 4.78 is 5.93. The molecule has 1 atom stereocenters. The van der Waals surface area contributed by atoms with E-state index >= 15 is 0 Å². The Morgan fingerprint density at radius 3 is 3.12 bits per heavy atom. The summed E-state index contributed by atoms with van der Waals surface area (Å²) in [5.74, 6) is 1.12. The fraction of sp³-hybridized carbons (Fsp3) is 0.615. The van der Waals surface area contributed by atoms with E-state index in [-0.39, 0.29) is 6.23 Å². The maximum absolute atomic E-state index is 5.93. The van der Waals surface area contributed by atoms with Gasteiger partial charge in [0.15, 0.2) is 0 Å². The normalized spacial score (nSPS) is 24.6. The van der Waals surface area contributed by atoms with Crippen molar-refractivity contribution in [2.24, 2.45) is 0 Å². The zero-order valence-corrected chi connectivity index (χ0v) is 10.5. The van der Waals surface area contributed by atoms with Crippen molar-refractivity contribution in [1.82, 2.24) is 9.88 Å². The third-order valence-corrected chi connectivity index (χ3v) is 3.67. The van der Waals surface area contributed by atoms with E-state index < -0.39 is 0 Å². The molecule has 1 aromatic heterocycles. The Hall–Kier alpha value is -1.13. The van der Waals surface area contributed by atoms with Gasteiger partial charge in [0.05, 0.1) is 6.61 Å². The van der Waals surface area contributed by atoms with Gasteiger partial charge in [-0.1, -0.05) is 6.07 Å². The van der Waals surface area contributed by atoms with Crippen molar-refractivity contribution in [3.05, 3.63) is 23.9 Å². The van der Waals surface area contributed by atoms with Gasteiger partial charge >= 0.3 is 0 Å². The maximum atomic E-state index is 5.93. The van der Waals surface area contributed by atoms with E-state index in [9.17, 15) is 0 Å². The van der Waals surface area contributed by atoms with Crippen LogP contribution >= 0.6 is 0 Å².